The van der Waals surface area contributed by atoms with Crippen LogP contribution < -0.4 is 10.6 Å². The Balaban J connectivity index is 1.45. The minimum absolute atomic E-state index is 0.0241. The zero-order valence-corrected chi connectivity index (χ0v) is 20.9. The summed E-state index contributed by atoms with van der Waals surface area (Å²) in [7, 11) is 0. The largest absolute Gasteiger partial charge is 0.444 e. The van der Waals surface area contributed by atoms with E-state index in [-0.39, 0.29) is 34.7 Å². The van der Waals surface area contributed by atoms with Crippen LogP contribution in [0.25, 0.3) is 11.5 Å². The Morgan fingerprint density at radius 3 is 2.63 bits per heavy atom. The van der Waals surface area contributed by atoms with E-state index in [0.29, 0.717) is 11.8 Å². The van der Waals surface area contributed by atoms with Gasteiger partial charge >= 0.3 is 6.18 Å². The normalized spacial score (nSPS) is 18.9. The van der Waals surface area contributed by atoms with Gasteiger partial charge in [0.2, 0.25) is 5.89 Å². The molecule has 0 saturated heterocycles. The van der Waals surface area contributed by atoms with E-state index in [9.17, 15) is 26.7 Å². The maximum Gasteiger partial charge on any atom is 0.405 e. The molecule has 1 saturated carbocycles. The monoisotopic (exact) mass is 540 g/mol. The second kappa shape index (κ2) is 11.5. The Kier molecular flexibility index (Phi) is 8.32. The number of alkyl halides is 5. The molecule has 1 aliphatic carbocycles. The third-order valence-electron chi connectivity index (χ3n) is 6.99. The van der Waals surface area contributed by atoms with Crippen LogP contribution >= 0.6 is 0 Å². The number of halogens is 5. The molecule has 1 fully saturated rings. The Bertz CT molecular complexity index is 1230. The second-order valence-corrected chi connectivity index (χ2v) is 9.55. The maximum absolute atomic E-state index is 13.7. The zero-order valence-electron chi connectivity index (χ0n) is 20.9. The number of amides is 1. The number of nitrogens with one attached hydrogen (secondary N) is 2. The van der Waals surface area contributed by atoms with Crippen LogP contribution in [0.15, 0.2) is 35.2 Å². The predicted octanol–water partition coefficient (Wildman–Crippen LogP) is 6.87. The first-order valence-electron chi connectivity index (χ1n) is 12.4. The van der Waals surface area contributed by atoms with Crippen molar-refractivity contribution in [2.24, 2.45) is 11.8 Å². The van der Waals surface area contributed by atoms with E-state index < -0.39 is 30.7 Å². The van der Waals surface area contributed by atoms with Crippen molar-refractivity contribution < 1.29 is 31.2 Å². The van der Waals surface area contributed by atoms with E-state index in [1.165, 1.54) is 29.2 Å². The molecule has 4 rings (SSSR count). The summed E-state index contributed by atoms with van der Waals surface area (Å²) in [5, 5.41) is 8.67. The number of rotatable bonds is 9. The van der Waals surface area contributed by atoms with Gasteiger partial charge in [-0.3, -0.25) is 9.48 Å². The van der Waals surface area contributed by atoms with Gasteiger partial charge in [-0.15, -0.1) is 0 Å². The first kappa shape index (κ1) is 27.5. The summed E-state index contributed by atoms with van der Waals surface area (Å²) in [6, 6.07) is 2.71. The van der Waals surface area contributed by atoms with Gasteiger partial charge in [-0.05, 0) is 49.7 Å². The van der Waals surface area contributed by atoms with Gasteiger partial charge in [0.15, 0.2) is 11.4 Å². The van der Waals surface area contributed by atoms with Gasteiger partial charge in [-0.1, -0.05) is 20.3 Å². The van der Waals surface area contributed by atoms with Gasteiger partial charge in [0, 0.05) is 18.0 Å². The van der Waals surface area contributed by atoms with Crippen LogP contribution in [0.5, 0.6) is 0 Å². The predicted molar refractivity (Wildman–Crippen MR) is 130 cm³/mol. The van der Waals surface area contributed by atoms with E-state index in [1.807, 2.05) is 0 Å². The quantitative estimate of drug-likeness (QED) is 0.287. The van der Waals surface area contributed by atoms with Crippen LogP contribution in [0.4, 0.5) is 33.5 Å². The number of nitrogens with zero attached hydrogens (tertiary/aromatic N) is 4. The standard InChI is InChI=1S/C25H29F5N6O2/c1-3-14(2)15-4-6-17(7-5-15)36-11-18(21(35-36)22(26)27)33-23(37)19-12-38-24(34-19)16-8-9-31-20(10-16)32-13-25(28,29)30/h8-12,14-15,17,22H,3-7,13H2,1-2H3,(H,31,32)(H,33,37). The number of carbonyl (C=O) groups is 1. The van der Waals surface area contributed by atoms with Gasteiger partial charge in [-0.2, -0.15) is 18.3 Å². The molecule has 13 heteroatoms. The minimum Gasteiger partial charge on any atom is -0.444 e. The number of hydrogen-bond donors (Lipinski definition) is 2. The average Bonchev–Trinajstić information content (AvgIpc) is 3.55. The molecule has 0 radical (unpaired) electrons. The molecule has 206 valence electrons. The lowest BCUT2D eigenvalue weighted by molar-refractivity contribution is -0.115. The highest BCUT2D eigenvalue weighted by molar-refractivity contribution is 6.03. The fraction of sp³-hybridized carbons (Fsp3) is 0.520. The van der Waals surface area contributed by atoms with Crippen LogP contribution in [0.2, 0.25) is 0 Å². The van der Waals surface area contributed by atoms with Crippen LogP contribution in [0, 0.1) is 11.8 Å². The van der Waals surface area contributed by atoms with Crippen LogP contribution in [-0.4, -0.2) is 38.4 Å². The van der Waals surface area contributed by atoms with Crippen molar-refractivity contribution in [1.82, 2.24) is 19.7 Å². The van der Waals surface area contributed by atoms with Crippen LogP contribution in [0.3, 0.4) is 0 Å². The van der Waals surface area contributed by atoms with Crippen molar-refractivity contribution >= 4 is 17.4 Å². The van der Waals surface area contributed by atoms with Crippen molar-refractivity contribution in [3.8, 4) is 11.5 Å². The summed E-state index contributed by atoms with van der Waals surface area (Å²) in [6.07, 6.45) is 1.15. The van der Waals surface area contributed by atoms with Crippen molar-refractivity contribution in [2.75, 3.05) is 17.2 Å². The fourth-order valence-corrected chi connectivity index (χ4v) is 4.67. The first-order valence-corrected chi connectivity index (χ1v) is 12.4. The molecule has 1 amide bonds. The highest BCUT2D eigenvalue weighted by Gasteiger charge is 2.29. The number of aromatic nitrogens is 4. The summed E-state index contributed by atoms with van der Waals surface area (Å²) in [5.41, 5.74) is -0.553. The summed E-state index contributed by atoms with van der Waals surface area (Å²) in [6.45, 7) is 3.12. The Labute approximate surface area is 216 Å². The fourth-order valence-electron chi connectivity index (χ4n) is 4.67. The van der Waals surface area contributed by atoms with Crippen molar-refractivity contribution in [3.05, 3.63) is 42.2 Å². The molecular formula is C25H29F5N6O2. The molecule has 3 heterocycles. The Morgan fingerprint density at radius 2 is 1.97 bits per heavy atom. The molecule has 2 N–H and O–H groups in total. The zero-order chi connectivity index (χ0) is 27.4. The molecule has 38 heavy (non-hydrogen) atoms. The number of oxazole rings is 1. The SMILES string of the molecule is CCC(C)C1CCC(n2cc(NC(=O)c3coc(-c4ccnc(NCC(F)(F)F)c4)n3)c(C(F)F)n2)CC1. The molecule has 0 spiro atoms. The molecule has 3 aromatic rings. The smallest absolute Gasteiger partial charge is 0.405 e. The molecule has 3 aromatic heterocycles. The highest BCUT2D eigenvalue weighted by atomic mass is 19.4. The van der Waals surface area contributed by atoms with Gasteiger partial charge in [0.1, 0.15) is 18.6 Å². The Morgan fingerprint density at radius 1 is 1.24 bits per heavy atom. The van der Waals surface area contributed by atoms with E-state index >= 15 is 0 Å². The van der Waals surface area contributed by atoms with Gasteiger partial charge < -0.3 is 15.1 Å². The highest BCUT2D eigenvalue weighted by Crippen LogP contribution is 2.38. The summed E-state index contributed by atoms with van der Waals surface area (Å²) < 4.78 is 71.7. The summed E-state index contributed by atoms with van der Waals surface area (Å²) >= 11 is 0. The molecule has 0 aliphatic heterocycles. The molecule has 1 unspecified atom stereocenters. The molecule has 1 atom stereocenters. The number of pyridine rings is 1. The van der Waals surface area contributed by atoms with E-state index in [0.717, 1.165) is 38.4 Å². The van der Waals surface area contributed by atoms with Gasteiger partial charge in [-0.25, -0.2) is 18.7 Å². The van der Waals surface area contributed by atoms with E-state index in [2.05, 4.69) is 39.5 Å². The molecule has 0 aromatic carbocycles. The van der Waals surface area contributed by atoms with Crippen molar-refractivity contribution in [1.29, 1.82) is 0 Å². The van der Waals surface area contributed by atoms with Crippen LogP contribution in [0.1, 0.15) is 74.6 Å². The lowest BCUT2D eigenvalue weighted by atomic mass is 9.78. The molecule has 1 aliphatic rings. The van der Waals surface area contributed by atoms with E-state index in [1.54, 1.807) is 0 Å². The Hall–Kier alpha value is -3.51. The lowest BCUT2D eigenvalue weighted by Gasteiger charge is -2.32. The minimum atomic E-state index is -4.43. The van der Waals surface area contributed by atoms with Gasteiger partial charge in [0.25, 0.3) is 12.3 Å². The molecule has 8 nitrogen and oxygen atoms in total. The summed E-state index contributed by atoms with van der Waals surface area (Å²) in [5.74, 6) is 0.333. The maximum atomic E-state index is 13.7. The van der Waals surface area contributed by atoms with Crippen molar-refractivity contribution in [2.45, 2.75) is 64.6 Å². The van der Waals surface area contributed by atoms with Gasteiger partial charge in [0.05, 0.1) is 11.7 Å². The molecular weight excluding hydrogens is 511 g/mol. The molecule has 0 bridgehead atoms. The second-order valence-electron chi connectivity index (χ2n) is 9.55. The third-order valence-corrected chi connectivity index (χ3v) is 6.99. The van der Waals surface area contributed by atoms with Crippen LogP contribution in [-0.2, 0) is 0 Å². The summed E-state index contributed by atoms with van der Waals surface area (Å²) in [4.78, 5) is 20.7. The number of hydrogen-bond acceptors (Lipinski definition) is 6. The lowest BCUT2D eigenvalue weighted by Crippen LogP contribution is -2.22. The first-order chi connectivity index (χ1) is 18.0. The van der Waals surface area contributed by atoms with Crippen molar-refractivity contribution in [3.63, 3.8) is 0 Å². The van der Waals surface area contributed by atoms with E-state index in [4.69, 9.17) is 4.42 Å². The topological polar surface area (TPSA) is 97.9 Å². The number of anilines is 2. The number of carbonyl (C=O) groups excluding carboxylic acids is 1. The third kappa shape index (κ3) is 6.67. The average molecular weight is 541 g/mol.